The molecule has 0 radical (unpaired) electrons. The molecular weight excluding hydrogens is 549 g/mol. The smallest absolute Gasteiger partial charge is 0.274 e. The molecule has 224 valence electrons. The lowest BCUT2D eigenvalue weighted by atomic mass is 9.68. The molecular formula is C31H35F3N4O4. The number of hydrogen-bond acceptors (Lipinski definition) is 7. The van der Waals surface area contributed by atoms with Crippen LogP contribution in [0.15, 0.2) is 42.7 Å². The van der Waals surface area contributed by atoms with Gasteiger partial charge in [0.05, 0.1) is 35.8 Å². The number of aromatic nitrogens is 2. The van der Waals surface area contributed by atoms with Crippen molar-refractivity contribution in [2.75, 3.05) is 18.5 Å². The number of carbonyl (C=O) groups is 1. The number of halogens is 3. The monoisotopic (exact) mass is 584 g/mol. The van der Waals surface area contributed by atoms with Crippen molar-refractivity contribution in [2.45, 2.75) is 69.8 Å². The highest BCUT2D eigenvalue weighted by Gasteiger charge is 2.42. The minimum absolute atomic E-state index is 0.00714. The summed E-state index contributed by atoms with van der Waals surface area (Å²) in [6.45, 7) is 4.79. The molecule has 4 atom stereocenters. The number of anilines is 1. The van der Waals surface area contributed by atoms with Gasteiger partial charge in [-0.1, -0.05) is 6.92 Å². The van der Waals surface area contributed by atoms with Gasteiger partial charge in [-0.15, -0.1) is 0 Å². The van der Waals surface area contributed by atoms with Crippen molar-refractivity contribution in [1.29, 1.82) is 0 Å². The number of amides is 1. The highest BCUT2D eigenvalue weighted by atomic mass is 19.1. The van der Waals surface area contributed by atoms with Crippen LogP contribution in [0.3, 0.4) is 0 Å². The molecule has 1 aromatic carbocycles. The van der Waals surface area contributed by atoms with Crippen molar-refractivity contribution in [3.05, 3.63) is 77.0 Å². The largest absolute Gasteiger partial charge is 0.388 e. The van der Waals surface area contributed by atoms with E-state index in [2.05, 4.69) is 15.3 Å². The average molecular weight is 585 g/mol. The summed E-state index contributed by atoms with van der Waals surface area (Å²) in [6.07, 6.45) is 5.56. The van der Waals surface area contributed by atoms with Crippen molar-refractivity contribution in [3.63, 3.8) is 0 Å². The van der Waals surface area contributed by atoms with E-state index in [4.69, 9.17) is 15.2 Å². The van der Waals surface area contributed by atoms with Gasteiger partial charge in [0.1, 0.15) is 28.8 Å². The maximum atomic E-state index is 15.1. The molecule has 3 aromatic rings. The SMILES string of the molecule is C[C@H]1C[C@@H](c2ccncc2NC(=O)c2ccc(F)c(-c3c(F)cc(COC4CCOCC4)cc3F)n2)C[C@@H](N)[C@]1(C)O. The minimum Gasteiger partial charge on any atom is -0.388 e. The molecule has 0 bridgehead atoms. The zero-order valence-corrected chi connectivity index (χ0v) is 23.6. The number of nitrogens with two attached hydrogens (primary N) is 1. The number of nitrogens with zero attached hydrogens (tertiary/aromatic N) is 2. The number of ether oxygens (including phenoxy) is 2. The molecule has 4 N–H and O–H groups in total. The molecule has 1 aliphatic heterocycles. The fourth-order valence-electron chi connectivity index (χ4n) is 5.71. The molecule has 1 saturated carbocycles. The topological polar surface area (TPSA) is 120 Å². The standard InChI is InChI=1S/C31H35F3N4O4/c1-17-11-19(14-27(35)31(17,2)40)21-5-8-36-15-26(21)38-30(39)25-4-3-22(32)29(37-25)28-23(33)12-18(13-24(28)34)16-42-20-6-9-41-10-7-20/h3-5,8,12-13,15,17,19-20,27,40H,6-7,9-11,14,16,35H2,1-2H3,(H,38,39)/t17-,19+,27+,31+/m0/s1. The van der Waals surface area contributed by atoms with E-state index < -0.39 is 46.3 Å². The molecule has 1 amide bonds. The van der Waals surface area contributed by atoms with Crippen molar-refractivity contribution < 1.29 is 32.5 Å². The minimum atomic E-state index is -1.02. The molecule has 0 unspecified atom stereocenters. The number of benzene rings is 1. The van der Waals surface area contributed by atoms with Crippen LogP contribution in [0.4, 0.5) is 18.9 Å². The van der Waals surface area contributed by atoms with Crippen LogP contribution >= 0.6 is 0 Å². The van der Waals surface area contributed by atoms with E-state index in [1.54, 1.807) is 19.2 Å². The number of nitrogens with one attached hydrogen (secondary N) is 1. The van der Waals surface area contributed by atoms with E-state index in [-0.39, 0.29) is 35.8 Å². The Morgan fingerprint density at radius 2 is 1.86 bits per heavy atom. The highest BCUT2D eigenvalue weighted by molar-refractivity contribution is 6.03. The number of hydrogen-bond donors (Lipinski definition) is 3. The average Bonchev–Trinajstić information content (AvgIpc) is 2.96. The molecule has 8 nitrogen and oxygen atoms in total. The first kappa shape index (κ1) is 30.1. The summed E-state index contributed by atoms with van der Waals surface area (Å²) >= 11 is 0. The van der Waals surface area contributed by atoms with E-state index in [1.807, 2.05) is 6.92 Å². The second-order valence-corrected chi connectivity index (χ2v) is 11.4. The zero-order chi connectivity index (χ0) is 30.0. The van der Waals surface area contributed by atoms with Gasteiger partial charge < -0.3 is 25.6 Å². The van der Waals surface area contributed by atoms with Crippen LogP contribution in [0.5, 0.6) is 0 Å². The van der Waals surface area contributed by atoms with E-state index >= 15 is 8.78 Å². The molecule has 42 heavy (non-hydrogen) atoms. The number of carbonyl (C=O) groups excluding carboxylic acids is 1. The maximum absolute atomic E-state index is 15.1. The Morgan fingerprint density at radius 1 is 1.14 bits per heavy atom. The molecule has 2 fully saturated rings. The van der Waals surface area contributed by atoms with E-state index in [1.165, 1.54) is 6.20 Å². The van der Waals surface area contributed by atoms with Gasteiger partial charge in [0.15, 0.2) is 0 Å². The van der Waals surface area contributed by atoms with Crippen molar-refractivity contribution >= 4 is 11.6 Å². The van der Waals surface area contributed by atoms with Gasteiger partial charge in [0.2, 0.25) is 0 Å². The molecule has 5 rings (SSSR count). The number of rotatable bonds is 7. The van der Waals surface area contributed by atoms with Crippen LogP contribution < -0.4 is 11.1 Å². The number of aliphatic hydroxyl groups is 1. The second-order valence-electron chi connectivity index (χ2n) is 11.4. The number of pyridine rings is 2. The zero-order valence-electron chi connectivity index (χ0n) is 23.6. The quantitative estimate of drug-likeness (QED) is 0.354. The summed E-state index contributed by atoms with van der Waals surface area (Å²) in [5.41, 5.74) is 5.20. The van der Waals surface area contributed by atoms with Gasteiger partial charge >= 0.3 is 0 Å². The Kier molecular flexibility index (Phi) is 8.93. The lowest BCUT2D eigenvalue weighted by Gasteiger charge is -2.44. The van der Waals surface area contributed by atoms with E-state index in [0.29, 0.717) is 44.6 Å². The van der Waals surface area contributed by atoms with Gasteiger partial charge in [-0.25, -0.2) is 18.2 Å². The van der Waals surface area contributed by atoms with Crippen LogP contribution in [0.2, 0.25) is 0 Å². The molecule has 2 aromatic heterocycles. The normalized spacial score (nSPS) is 24.9. The van der Waals surface area contributed by atoms with E-state index in [0.717, 1.165) is 29.8 Å². The van der Waals surface area contributed by atoms with Crippen LogP contribution in [0, 0.1) is 23.4 Å². The van der Waals surface area contributed by atoms with Crippen LogP contribution in [0.1, 0.15) is 67.1 Å². The van der Waals surface area contributed by atoms with Gasteiger partial charge in [-0.3, -0.25) is 9.78 Å². The molecule has 0 spiro atoms. The summed E-state index contributed by atoms with van der Waals surface area (Å²) in [7, 11) is 0. The van der Waals surface area contributed by atoms with Crippen molar-refractivity contribution in [3.8, 4) is 11.3 Å². The molecule has 2 aliphatic rings. The van der Waals surface area contributed by atoms with Gasteiger partial charge in [0, 0.05) is 25.5 Å². The molecule has 11 heteroatoms. The highest BCUT2D eigenvalue weighted by Crippen LogP contribution is 2.43. The summed E-state index contributed by atoms with van der Waals surface area (Å²) in [4.78, 5) is 21.4. The lowest BCUT2D eigenvalue weighted by Crippen LogP contribution is -2.54. The Labute approximate surface area is 242 Å². The second kappa shape index (κ2) is 12.5. The summed E-state index contributed by atoms with van der Waals surface area (Å²) < 4.78 is 56.1. The maximum Gasteiger partial charge on any atom is 0.274 e. The summed E-state index contributed by atoms with van der Waals surface area (Å²) in [5, 5.41) is 13.5. The Bertz CT molecular complexity index is 1410. The summed E-state index contributed by atoms with van der Waals surface area (Å²) in [5.74, 6) is -3.85. The Hall–Kier alpha value is -3.38. The third-order valence-corrected chi connectivity index (χ3v) is 8.54. The van der Waals surface area contributed by atoms with Crippen molar-refractivity contribution in [2.24, 2.45) is 11.7 Å². The molecule has 1 saturated heterocycles. The fourth-order valence-corrected chi connectivity index (χ4v) is 5.71. The first-order valence-electron chi connectivity index (χ1n) is 14.1. The lowest BCUT2D eigenvalue weighted by molar-refractivity contribution is -0.0463. The van der Waals surface area contributed by atoms with Gasteiger partial charge in [0.25, 0.3) is 5.91 Å². The predicted octanol–water partition coefficient (Wildman–Crippen LogP) is 5.10. The third-order valence-electron chi connectivity index (χ3n) is 8.54. The first-order chi connectivity index (χ1) is 20.0. The van der Waals surface area contributed by atoms with Crippen LogP contribution in [-0.2, 0) is 16.1 Å². The predicted molar refractivity (Wildman–Crippen MR) is 150 cm³/mol. The first-order valence-corrected chi connectivity index (χ1v) is 14.1. The Morgan fingerprint density at radius 3 is 2.55 bits per heavy atom. The Balaban J connectivity index is 1.35. The third kappa shape index (κ3) is 6.34. The van der Waals surface area contributed by atoms with Crippen LogP contribution in [-0.4, -0.2) is 51.9 Å². The van der Waals surface area contributed by atoms with Gasteiger partial charge in [-0.05, 0) is 85.9 Å². The fraction of sp³-hybridized carbons (Fsp3) is 0.452. The van der Waals surface area contributed by atoms with Gasteiger partial charge in [-0.2, -0.15) is 0 Å². The summed E-state index contributed by atoms with van der Waals surface area (Å²) in [6, 6.07) is 5.58. The van der Waals surface area contributed by atoms with E-state index in [9.17, 15) is 14.3 Å². The molecule has 1 aliphatic carbocycles. The van der Waals surface area contributed by atoms with Crippen LogP contribution in [0.25, 0.3) is 11.3 Å². The molecule has 3 heterocycles. The van der Waals surface area contributed by atoms with Crippen molar-refractivity contribution in [1.82, 2.24) is 9.97 Å².